The van der Waals surface area contributed by atoms with Crippen molar-refractivity contribution in [3.63, 3.8) is 0 Å². The maximum atomic E-state index is 6.19. The van der Waals surface area contributed by atoms with Crippen molar-refractivity contribution in [2.45, 2.75) is 19.4 Å². The average Bonchev–Trinajstić information content (AvgIpc) is 2.47. The van der Waals surface area contributed by atoms with E-state index in [4.69, 9.17) is 32.7 Å². The molecule has 2 nitrogen and oxygen atoms in total. The van der Waals surface area contributed by atoms with E-state index >= 15 is 0 Å². The van der Waals surface area contributed by atoms with Crippen LogP contribution >= 0.6 is 39.1 Å². The van der Waals surface area contributed by atoms with Crippen molar-refractivity contribution in [2.75, 3.05) is 6.61 Å². The summed E-state index contributed by atoms with van der Waals surface area (Å²) < 4.78 is 12.4. The Balaban J connectivity index is 2.15. The fraction of sp³-hybridized carbons (Fsp3) is 0.250. The highest BCUT2D eigenvalue weighted by Crippen LogP contribution is 2.31. The van der Waals surface area contributed by atoms with Crippen molar-refractivity contribution in [1.29, 1.82) is 0 Å². The van der Waals surface area contributed by atoms with E-state index in [1.54, 1.807) is 0 Å². The van der Waals surface area contributed by atoms with Crippen molar-refractivity contribution < 1.29 is 9.47 Å². The smallest absolute Gasteiger partial charge is 0.161 e. The van der Waals surface area contributed by atoms with Gasteiger partial charge in [-0.2, -0.15) is 0 Å². The van der Waals surface area contributed by atoms with E-state index in [2.05, 4.69) is 15.9 Å². The van der Waals surface area contributed by atoms with Gasteiger partial charge in [0.15, 0.2) is 11.5 Å². The first-order valence-electron chi connectivity index (χ1n) is 6.52. The number of hydrogen-bond donors (Lipinski definition) is 0. The molecule has 0 saturated carbocycles. The van der Waals surface area contributed by atoms with Crippen LogP contribution in [0.1, 0.15) is 18.1 Å². The first kappa shape index (κ1) is 16.5. The van der Waals surface area contributed by atoms with Gasteiger partial charge in [-0.1, -0.05) is 39.7 Å². The molecule has 2 aromatic carbocycles. The number of benzene rings is 2. The van der Waals surface area contributed by atoms with E-state index in [1.165, 1.54) is 0 Å². The normalized spacial score (nSPS) is 10.5. The van der Waals surface area contributed by atoms with Crippen molar-refractivity contribution in [3.05, 3.63) is 57.0 Å². The Morgan fingerprint density at radius 2 is 1.86 bits per heavy atom. The number of hydrogen-bond acceptors (Lipinski definition) is 2. The molecule has 0 spiro atoms. The van der Waals surface area contributed by atoms with Crippen LogP contribution in [-0.2, 0) is 12.5 Å². The number of halogens is 3. The van der Waals surface area contributed by atoms with Gasteiger partial charge in [0.25, 0.3) is 0 Å². The molecule has 0 aliphatic heterocycles. The first-order chi connectivity index (χ1) is 10.1. The lowest BCUT2D eigenvalue weighted by atomic mass is 10.2. The summed E-state index contributed by atoms with van der Waals surface area (Å²) in [7, 11) is 0. The largest absolute Gasteiger partial charge is 0.490 e. The summed E-state index contributed by atoms with van der Waals surface area (Å²) in [5, 5.41) is 0.666. The molecule has 0 N–H and O–H groups in total. The molecule has 0 unspecified atom stereocenters. The topological polar surface area (TPSA) is 18.5 Å². The standard InChI is InChI=1S/C16H15BrCl2O2/c1-2-20-16-7-11(9-18)3-6-15(16)21-10-12-4-5-13(17)8-14(12)19/h3-8H,2,9-10H2,1H3. The molecular weight excluding hydrogens is 375 g/mol. The fourth-order valence-electron chi connectivity index (χ4n) is 1.82. The monoisotopic (exact) mass is 388 g/mol. The van der Waals surface area contributed by atoms with Crippen LogP contribution < -0.4 is 9.47 Å². The van der Waals surface area contributed by atoms with E-state index < -0.39 is 0 Å². The summed E-state index contributed by atoms with van der Waals surface area (Å²) in [6.45, 7) is 2.89. The third-order valence-electron chi connectivity index (χ3n) is 2.86. The highest BCUT2D eigenvalue weighted by molar-refractivity contribution is 9.10. The van der Waals surface area contributed by atoms with Gasteiger partial charge in [0.05, 0.1) is 6.61 Å². The Morgan fingerprint density at radius 1 is 1.05 bits per heavy atom. The van der Waals surface area contributed by atoms with Crippen LogP contribution in [0.15, 0.2) is 40.9 Å². The Kier molecular flexibility index (Phi) is 6.22. The summed E-state index contributed by atoms with van der Waals surface area (Å²) in [5.74, 6) is 1.83. The van der Waals surface area contributed by atoms with Crippen LogP contribution in [-0.4, -0.2) is 6.61 Å². The quantitative estimate of drug-likeness (QED) is 0.579. The van der Waals surface area contributed by atoms with Crippen LogP contribution in [0.4, 0.5) is 0 Å². The molecule has 2 aromatic rings. The number of rotatable bonds is 6. The molecule has 0 aliphatic carbocycles. The minimum atomic E-state index is 0.381. The van der Waals surface area contributed by atoms with E-state index in [0.29, 0.717) is 35.6 Å². The molecule has 0 bridgehead atoms. The molecule has 112 valence electrons. The highest BCUT2D eigenvalue weighted by Gasteiger charge is 2.08. The molecule has 0 aliphatic rings. The summed E-state index contributed by atoms with van der Waals surface area (Å²) in [4.78, 5) is 0. The average molecular weight is 390 g/mol. The predicted octanol–water partition coefficient (Wildman–Crippen LogP) is 5.82. The molecule has 0 amide bonds. The lowest BCUT2D eigenvalue weighted by molar-refractivity contribution is 0.269. The van der Waals surface area contributed by atoms with Crippen molar-refractivity contribution in [3.8, 4) is 11.5 Å². The van der Waals surface area contributed by atoms with Crippen molar-refractivity contribution in [1.82, 2.24) is 0 Å². The molecule has 0 radical (unpaired) electrons. The number of alkyl halides is 1. The van der Waals surface area contributed by atoms with E-state index in [-0.39, 0.29) is 0 Å². The van der Waals surface area contributed by atoms with Gasteiger partial charge in [-0.15, -0.1) is 11.6 Å². The highest BCUT2D eigenvalue weighted by atomic mass is 79.9. The van der Waals surface area contributed by atoms with Crippen molar-refractivity contribution >= 4 is 39.1 Å². The summed E-state index contributed by atoms with van der Waals surface area (Å²) in [6, 6.07) is 11.4. The van der Waals surface area contributed by atoms with Crippen LogP contribution in [0.2, 0.25) is 5.02 Å². The second kappa shape index (κ2) is 7.92. The molecule has 2 rings (SSSR count). The van der Waals surface area contributed by atoms with E-state index in [9.17, 15) is 0 Å². The zero-order valence-electron chi connectivity index (χ0n) is 11.5. The van der Waals surface area contributed by atoms with Gasteiger partial charge in [0.2, 0.25) is 0 Å². The van der Waals surface area contributed by atoms with E-state index in [0.717, 1.165) is 15.6 Å². The summed E-state index contributed by atoms with van der Waals surface area (Å²) in [5.41, 5.74) is 1.91. The zero-order chi connectivity index (χ0) is 15.2. The molecular formula is C16H15BrCl2O2. The molecule has 5 heteroatoms. The Hall–Kier alpha value is -0.900. The lowest BCUT2D eigenvalue weighted by Crippen LogP contribution is -2.00. The summed E-state index contributed by atoms with van der Waals surface area (Å²) >= 11 is 15.4. The Labute approximate surface area is 143 Å². The Morgan fingerprint density at radius 3 is 2.52 bits per heavy atom. The first-order valence-corrected chi connectivity index (χ1v) is 8.23. The van der Waals surface area contributed by atoms with Gasteiger partial charge in [0, 0.05) is 20.9 Å². The molecule has 0 heterocycles. The van der Waals surface area contributed by atoms with E-state index in [1.807, 2.05) is 43.3 Å². The SMILES string of the molecule is CCOc1cc(CCl)ccc1OCc1ccc(Br)cc1Cl. The zero-order valence-corrected chi connectivity index (χ0v) is 14.6. The van der Waals surface area contributed by atoms with Gasteiger partial charge in [-0.25, -0.2) is 0 Å². The number of ether oxygens (including phenoxy) is 2. The van der Waals surface area contributed by atoms with Gasteiger partial charge in [0.1, 0.15) is 6.61 Å². The van der Waals surface area contributed by atoms with Crippen LogP contribution in [0.25, 0.3) is 0 Å². The molecule has 0 aromatic heterocycles. The maximum Gasteiger partial charge on any atom is 0.161 e. The second-order valence-corrected chi connectivity index (χ2v) is 5.96. The third kappa shape index (κ3) is 4.53. The molecule has 0 saturated heterocycles. The van der Waals surface area contributed by atoms with Gasteiger partial charge in [-0.05, 0) is 36.8 Å². The molecule has 21 heavy (non-hydrogen) atoms. The third-order valence-corrected chi connectivity index (χ3v) is 4.01. The van der Waals surface area contributed by atoms with Gasteiger partial charge >= 0.3 is 0 Å². The van der Waals surface area contributed by atoms with Crippen molar-refractivity contribution in [2.24, 2.45) is 0 Å². The minimum absolute atomic E-state index is 0.381. The summed E-state index contributed by atoms with van der Waals surface area (Å²) in [6.07, 6.45) is 0. The van der Waals surface area contributed by atoms with Gasteiger partial charge in [-0.3, -0.25) is 0 Å². The van der Waals surface area contributed by atoms with Crippen LogP contribution in [0.3, 0.4) is 0 Å². The fourth-order valence-corrected chi connectivity index (χ4v) is 2.71. The van der Waals surface area contributed by atoms with Gasteiger partial charge < -0.3 is 9.47 Å². The lowest BCUT2D eigenvalue weighted by Gasteiger charge is -2.13. The van der Waals surface area contributed by atoms with Crippen LogP contribution in [0.5, 0.6) is 11.5 Å². The minimum Gasteiger partial charge on any atom is -0.490 e. The predicted molar refractivity (Wildman–Crippen MR) is 90.7 cm³/mol. The second-order valence-electron chi connectivity index (χ2n) is 4.37. The maximum absolute atomic E-state index is 6.19. The molecule has 0 atom stereocenters. The van der Waals surface area contributed by atoms with Crippen LogP contribution in [0, 0.1) is 0 Å². The Bertz CT molecular complexity index is 617. The molecule has 0 fully saturated rings.